The summed E-state index contributed by atoms with van der Waals surface area (Å²) in [6.07, 6.45) is 3.54. The van der Waals surface area contributed by atoms with E-state index in [1.165, 1.54) is 5.56 Å². The van der Waals surface area contributed by atoms with Crippen molar-refractivity contribution in [2.45, 2.75) is 13.8 Å². The van der Waals surface area contributed by atoms with Crippen molar-refractivity contribution in [2.75, 3.05) is 11.1 Å². The Labute approximate surface area is 134 Å². The highest BCUT2D eigenvalue weighted by atomic mass is 32.2. The number of benzene rings is 1. The van der Waals surface area contributed by atoms with Gasteiger partial charge in [0.2, 0.25) is 0 Å². The molecule has 1 aromatic heterocycles. The number of nitrogens with zero attached hydrogens (tertiary/aromatic N) is 2. The third-order valence-corrected chi connectivity index (χ3v) is 3.81. The summed E-state index contributed by atoms with van der Waals surface area (Å²) in [6.45, 7) is 4.15. The van der Waals surface area contributed by atoms with Gasteiger partial charge in [-0.05, 0) is 36.9 Å². The lowest BCUT2D eigenvalue weighted by molar-refractivity contribution is 0.557. The maximum Gasteiger partial charge on any atom is 0.190 e. The number of thioether (sulfide) groups is 1. The van der Waals surface area contributed by atoms with Gasteiger partial charge in [0.25, 0.3) is 0 Å². The van der Waals surface area contributed by atoms with E-state index in [1.807, 2.05) is 30.3 Å². The Morgan fingerprint density at radius 2 is 2.00 bits per heavy atom. The van der Waals surface area contributed by atoms with Crippen molar-refractivity contribution in [1.82, 2.24) is 0 Å². The van der Waals surface area contributed by atoms with Gasteiger partial charge >= 0.3 is 0 Å². The third kappa shape index (κ3) is 3.49. The molecule has 1 aliphatic rings. The van der Waals surface area contributed by atoms with Crippen LogP contribution in [0.4, 0.5) is 5.69 Å². The van der Waals surface area contributed by atoms with Crippen molar-refractivity contribution in [3.8, 4) is 0 Å². The molecule has 2 heterocycles. The van der Waals surface area contributed by atoms with Gasteiger partial charge in [0.15, 0.2) is 11.0 Å². The maximum absolute atomic E-state index is 5.37. The molecule has 0 bridgehead atoms. The fourth-order valence-electron chi connectivity index (χ4n) is 2.00. The molecule has 0 aliphatic carbocycles. The van der Waals surface area contributed by atoms with E-state index in [9.17, 15) is 0 Å². The van der Waals surface area contributed by atoms with Crippen LogP contribution in [0.25, 0.3) is 6.08 Å². The number of aryl methyl sites for hydroxylation is 1. The summed E-state index contributed by atoms with van der Waals surface area (Å²) >= 11 is 1.62. The molecule has 5 heteroatoms. The van der Waals surface area contributed by atoms with E-state index in [-0.39, 0.29) is 0 Å². The SMILES string of the molecule is CCSC1=N/C(=C/c2ccco2)C(Nc2ccc(C)cc2)=N1. The van der Waals surface area contributed by atoms with Gasteiger partial charge in [-0.3, -0.25) is 0 Å². The molecule has 0 spiro atoms. The molecule has 0 amide bonds. The quantitative estimate of drug-likeness (QED) is 0.904. The Balaban J connectivity index is 1.86. The fourth-order valence-corrected chi connectivity index (χ4v) is 2.58. The standard InChI is InChI=1S/C17H17N3OS/c1-3-22-17-19-15(11-14-5-4-10-21-14)16(20-17)18-13-8-6-12(2)7-9-13/h4-11H,3H2,1-2H3,(H,18,19,20)/b15-11+. The molecule has 22 heavy (non-hydrogen) atoms. The zero-order valence-electron chi connectivity index (χ0n) is 12.5. The summed E-state index contributed by atoms with van der Waals surface area (Å²) in [5, 5.41) is 4.10. The molecule has 1 aromatic carbocycles. The molecule has 2 aromatic rings. The number of aliphatic imine (C=N–C) groups is 2. The lowest BCUT2D eigenvalue weighted by Gasteiger charge is -2.06. The Morgan fingerprint density at radius 3 is 2.68 bits per heavy atom. The summed E-state index contributed by atoms with van der Waals surface area (Å²) in [7, 11) is 0. The summed E-state index contributed by atoms with van der Waals surface area (Å²) < 4.78 is 5.37. The van der Waals surface area contributed by atoms with E-state index in [0.717, 1.165) is 33.9 Å². The van der Waals surface area contributed by atoms with Crippen LogP contribution in [-0.2, 0) is 0 Å². The van der Waals surface area contributed by atoms with Gasteiger partial charge in [0.05, 0.1) is 6.26 Å². The Morgan fingerprint density at radius 1 is 1.18 bits per heavy atom. The minimum atomic E-state index is 0.746. The van der Waals surface area contributed by atoms with Crippen LogP contribution in [0.3, 0.4) is 0 Å². The van der Waals surface area contributed by atoms with Crippen LogP contribution in [0.15, 0.2) is 62.8 Å². The lowest BCUT2D eigenvalue weighted by Crippen LogP contribution is -2.11. The molecular formula is C17H17N3OS. The molecule has 1 N–H and O–H groups in total. The number of rotatable bonds is 3. The van der Waals surface area contributed by atoms with Crippen LogP contribution >= 0.6 is 11.8 Å². The zero-order chi connectivity index (χ0) is 15.4. The first-order valence-corrected chi connectivity index (χ1v) is 8.12. The largest absolute Gasteiger partial charge is 0.465 e. The molecule has 0 fully saturated rings. The smallest absolute Gasteiger partial charge is 0.190 e. The van der Waals surface area contributed by atoms with Crippen LogP contribution < -0.4 is 5.32 Å². The molecule has 4 nitrogen and oxygen atoms in total. The molecule has 0 atom stereocenters. The molecule has 0 saturated carbocycles. The normalized spacial score (nSPS) is 15.8. The van der Waals surface area contributed by atoms with Crippen LogP contribution in [0.2, 0.25) is 0 Å². The Hall–Kier alpha value is -2.27. The zero-order valence-corrected chi connectivity index (χ0v) is 13.4. The lowest BCUT2D eigenvalue weighted by atomic mass is 10.2. The minimum Gasteiger partial charge on any atom is -0.465 e. The van der Waals surface area contributed by atoms with Crippen molar-refractivity contribution in [1.29, 1.82) is 0 Å². The van der Waals surface area contributed by atoms with Gasteiger partial charge in [-0.2, -0.15) is 0 Å². The Bertz CT molecular complexity index is 728. The molecule has 0 radical (unpaired) electrons. The van der Waals surface area contributed by atoms with Gasteiger partial charge in [0, 0.05) is 11.8 Å². The third-order valence-electron chi connectivity index (χ3n) is 3.08. The van der Waals surface area contributed by atoms with Crippen LogP contribution in [0.5, 0.6) is 0 Å². The van der Waals surface area contributed by atoms with Crippen LogP contribution in [0, 0.1) is 6.92 Å². The van der Waals surface area contributed by atoms with E-state index in [2.05, 4.69) is 41.3 Å². The topological polar surface area (TPSA) is 49.9 Å². The minimum absolute atomic E-state index is 0.746. The average Bonchev–Trinajstić information content (AvgIpc) is 3.13. The van der Waals surface area contributed by atoms with Crippen molar-refractivity contribution in [2.24, 2.45) is 9.98 Å². The molecule has 0 unspecified atom stereocenters. The number of anilines is 1. The number of furan rings is 1. The second kappa shape index (κ2) is 6.66. The van der Waals surface area contributed by atoms with Crippen molar-refractivity contribution >= 4 is 34.5 Å². The van der Waals surface area contributed by atoms with E-state index in [0.29, 0.717) is 0 Å². The average molecular weight is 311 g/mol. The second-order valence-electron chi connectivity index (χ2n) is 4.82. The number of amidine groups is 2. The van der Waals surface area contributed by atoms with Gasteiger partial charge in [-0.1, -0.05) is 36.4 Å². The van der Waals surface area contributed by atoms with Crippen LogP contribution in [0.1, 0.15) is 18.2 Å². The van der Waals surface area contributed by atoms with E-state index < -0.39 is 0 Å². The summed E-state index contributed by atoms with van der Waals surface area (Å²) in [4.78, 5) is 9.13. The maximum atomic E-state index is 5.37. The van der Waals surface area contributed by atoms with Gasteiger partial charge in [0.1, 0.15) is 11.5 Å². The van der Waals surface area contributed by atoms with Gasteiger partial charge in [-0.25, -0.2) is 9.98 Å². The summed E-state index contributed by atoms with van der Waals surface area (Å²) in [5.41, 5.74) is 3.00. The first-order valence-electron chi connectivity index (χ1n) is 7.14. The number of hydrogen-bond acceptors (Lipinski definition) is 5. The molecular weight excluding hydrogens is 294 g/mol. The van der Waals surface area contributed by atoms with Crippen molar-refractivity contribution < 1.29 is 4.42 Å². The summed E-state index contributed by atoms with van der Waals surface area (Å²) in [6, 6.07) is 12.0. The van der Waals surface area contributed by atoms with Gasteiger partial charge in [-0.15, -0.1) is 0 Å². The van der Waals surface area contributed by atoms with E-state index in [4.69, 9.17) is 4.42 Å². The van der Waals surface area contributed by atoms with E-state index >= 15 is 0 Å². The molecule has 112 valence electrons. The van der Waals surface area contributed by atoms with Crippen molar-refractivity contribution in [3.05, 3.63) is 59.7 Å². The predicted molar refractivity (Wildman–Crippen MR) is 94.5 cm³/mol. The number of hydrogen-bond donors (Lipinski definition) is 1. The monoisotopic (exact) mass is 311 g/mol. The first kappa shape index (κ1) is 14.7. The first-order chi connectivity index (χ1) is 10.7. The molecule has 1 aliphatic heterocycles. The predicted octanol–water partition coefficient (Wildman–Crippen LogP) is 4.56. The second-order valence-corrected chi connectivity index (χ2v) is 6.05. The highest BCUT2D eigenvalue weighted by Crippen LogP contribution is 2.22. The van der Waals surface area contributed by atoms with Crippen molar-refractivity contribution in [3.63, 3.8) is 0 Å². The molecule has 0 saturated heterocycles. The molecule has 3 rings (SSSR count). The fraction of sp³-hybridized carbons (Fsp3) is 0.176. The Kier molecular flexibility index (Phi) is 4.44. The highest BCUT2D eigenvalue weighted by Gasteiger charge is 2.17. The van der Waals surface area contributed by atoms with Gasteiger partial charge < -0.3 is 9.73 Å². The highest BCUT2D eigenvalue weighted by molar-refractivity contribution is 8.13. The summed E-state index contributed by atoms with van der Waals surface area (Å²) in [5.74, 6) is 2.45. The number of nitrogens with one attached hydrogen (secondary N) is 1. The van der Waals surface area contributed by atoms with E-state index in [1.54, 1.807) is 18.0 Å². The van der Waals surface area contributed by atoms with Crippen LogP contribution in [-0.4, -0.2) is 16.8 Å².